The Morgan fingerprint density at radius 3 is 2.76 bits per heavy atom. The van der Waals surface area contributed by atoms with Crippen LogP contribution in [0.1, 0.15) is 32.6 Å². The molecule has 0 unspecified atom stereocenters. The fourth-order valence-corrected chi connectivity index (χ4v) is 1.93. The fraction of sp³-hybridized carbons (Fsp3) is 0.500. The highest BCUT2D eigenvalue weighted by Crippen LogP contribution is 2.27. The second-order valence-corrected chi connectivity index (χ2v) is 4.82. The topological polar surface area (TPSA) is 55.2 Å². The van der Waals surface area contributed by atoms with E-state index in [1.807, 2.05) is 0 Å². The van der Waals surface area contributed by atoms with Crippen molar-refractivity contribution < 1.29 is 4.92 Å². The number of benzene rings is 1. The summed E-state index contributed by atoms with van der Waals surface area (Å²) in [6.45, 7) is 2.94. The third-order valence-corrected chi connectivity index (χ3v) is 3.00. The largest absolute Gasteiger partial charge is 0.379 e. The summed E-state index contributed by atoms with van der Waals surface area (Å²) in [6, 6.07) is 5.07. The Kier molecular flexibility index (Phi) is 5.97. The summed E-state index contributed by atoms with van der Waals surface area (Å²) >= 11 is 3.23. The normalized spacial score (nSPS) is 10.2. The second-order valence-electron chi connectivity index (χ2n) is 3.91. The molecule has 0 atom stereocenters. The Hall–Kier alpha value is -1.10. The number of hydrogen-bond donors (Lipinski definition) is 1. The maximum atomic E-state index is 10.9. The van der Waals surface area contributed by atoms with Gasteiger partial charge in [-0.25, -0.2) is 0 Å². The number of rotatable bonds is 7. The summed E-state index contributed by atoms with van der Waals surface area (Å²) in [5.41, 5.74) is 0.713. The molecule has 5 heteroatoms. The van der Waals surface area contributed by atoms with Gasteiger partial charge < -0.3 is 5.32 Å². The minimum Gasteiger partial charge on any atom is -0.379 e. The average Bonchev–Trinajstić information content (AvgIpc) is 2.30. The van der Waals surface area contributed by atoms with Crippen molar-refractivity contribution in [3.63, 3.8) is 0 Å². The molecule has 1 N–H and O–H groups in total. The minimum absolute atomic E-state index is 0.120. The maximum Gasteiger partial charge on any atom is 0.293 e. The van der Waals surface area contributed by atoms with E-state index >= 15 is 0 Å². The van der Waals surface area contributed by atoms with Gasteiger partial charge in [0.25, 0.3) is 5.69 Å². The van der Waals surface area contributed by atoms with Crippen LogP contribution < -0.4 is 5.32 Å². The maximum absolute atomic E-state index is 10.9. The van der Waals surface area contributed by atoms with Gasteiger partial charge in [-0.05, 0) is 18.6 Å². The molecule has 0 aliphatic rings. The van der Waals surface area contributed by atoms with Gasteiger partial charge in [0, 0.05) is 17.1 Å². The van der Waals surface area contributed by atoms with Crippen LogP contribution in [0.5, 0.6) is 0 Å². The Morgan fingerprint density at radius 2 is 2.12 bits per heavy atom. The zero-order valence-corrected chi connectivity index (χ0v) is 11.5. The molecular weight excluding hydrogens is 284 g/mol. The van der Waals surface area contributed by atoms with E-state index in [0.717, 1.165) is 23.9 Å². The standard InChI is InChI=1S/C12H17BrN2O2/c1-2-3-4-5-8-14-11-7-6-10(13)9-12(11)15(16)17/h6-7,9,14H,2-5,8H2,1H3. The molecule has 94 valence electrons. The predicted octanol–water partition coefficient (Wildman–Crippen LogP) is 4.35. The fourth-order valence-electron chi connectivity index (χ4n) is 1.58. The van der Waals surface area contributed by atoms with Gasteiger partial charge in [0.1, 0.15) is 5.69 Å². The lowest BCUT2D eigenvalue weighted by Gasteiger charge is -2.07. The van der Waals surface area contributed by atoms with Crippen LogP contribution in [-0.4, -0.2) is 11.5 Å². The van der Waals surface area contributed by atoms with E-state index in [4.69, 9.17) is 0 Å². The van der Waals surface area contributed by atoms with Gasteiger partial charge in [-0.1, -0.05) is 42.1 Å². The molecule has 17 heavy (non-hydrogen) atoms. The highest BCUT2D eigenvalue weighted by atomic mass is 79.9. The summed E-state index contributed by atoms with van der Waals surface area (Å²) in [5, 5.41) is 14.0. The third kappa shape index (κ3) is 4.73. The van der Waals surface area contributed by atoms with E-state index in [-0.39, 0.29) is 10.6 Å². The Bertz CT molecular complexity index is 383. The van der Waals surface area contributed by atoms with Crippen LogP contribution in [-0.2, 0) is 0 Å². The number of nitro benzene ring substituents is 1. The molecule has 0 aliphatic heterocycles. The highest BCUT2D eigenvalue weighted by Gasteiger charge is 2.13. The molecule has 4 nitrogen and oxygen atoms in total. The van der Waals surface area contributed by atoms with Gasteiger partial charge >= 0.3 is 0 Å². The van der Waals surface area contributed by atoms with Gasteiger partial charge in [0.05, 0.1) is 4.92 Å². The zero-order chi connectivity index (χ0) is 12.7. The highest BCUT2D eigenvalue weighted by molar-refractivity contribution is 9.10. The number of halogens is 1. The zero-order valence-electron chi connectivity index (χ0n) is 9.91. The van der Waals surface area contributed by atoms with Crippen molar-refractivity contribution in [1.82, 2.24) is 0 Å². The molecule has 0 spiro atoms. The number of anilines is 1. The lowest BCUT2D eigenvalue weighted by Crippen LogP contribution is -2.04. The van der Waals surface area contributed by atoms with Crippen LogP contribution in [0, 0.1) is 10.1 Å². The van der Waals surface area contributed by atoms with Crippen molar-refractivity contribution in [2.45, 2.75) is 32.6 Å². The van der Waals surface area contributed by atoms with E-state index in [1.165, 1.54) is 18.9 Å². The lowest BCUT2D eigenvalue weighted by atomic mass is 10.2. The molecule has 0 saturated heterocycles. The molecule has 1 rings (SSSR count). The van der Waals surface area contributed by atoms with Gasteiger partial charge in [-0.2, -0.15) is 0 Å². The summed E-state index contributed by atoms with van der Waals surface area (Å²) in [7, 11) is 0. The first kappa shape index (κ1) is 14.0. The van der Waals surface area contributed by atoms with Crippen LogP contribution >= 0.6 is 15.9 Å². The molecule has 1 aromatic carbocycles. The molecule has 1 aromatic rings. The molecule has 0 saturated carbocycles. The van der Waals surface area contributed by atoms with Crippen molar-refractivity contribution >= 4 is 27.3 Å². The lowest BCUT2D eigenvalue weighted by molar-refractivity contribution is -0.384. The molecule has 0 radical (unpaired) electrons. The van der Waals surface area contributed by atoms with E-state index in [1.54, 1.807) is 12.1 Å². The Morgan fingerprint density at radius 1 is 1.35 bits per heavy atom. The number of hydrogen-bond acceptors (Lipinski definition) is 3. The van der Waals surface area contributed by atoms with Crippen molar-refractivity contribution in [2.24, 2.45) is 0 Å². The first-order valence-corrected chi connectivity index (χ1v) is 6.62. The monoisotopic (exact) mass is 300 g/mol. The van der Waals surface area contributed by atoms with Gasteiger partial charge in [-0.3, -0.25) is 10.1 Å². The summed E-state index contributed by atoms with van der Waals surface area (Å²) in [6.07, 6.45) is 4.61. The molecule has 0 amide bonds. The number of nitro groups is 1. The molecule has 0 fully saturated rings. The minimum atomic E-state index is -0.362. The van der Waals surface area contributed by atoms with Crippen LogP contribution in [0.4, 0.5) is 11.4 Å². The summed E-state index contributed by atoms with van der Waals surface area (Å²) < 4.78 is 0.723. The molecule has 0 aromatic heterocycles. The number of unbranched alkanes of at least 4 members (excludes halogenated alkanes) is 3. The summed E-state index contributed by atoms with van der Waals surface area (Å²) in [5.74, 6) is 0. The van der Waals surface area contributed by atoms with Crippen LogP contribution in [0.3, 0.4) is 0 Å². The second kappa shape index (κ2) is 7.27. The third-order valence-electron chi connectivity index (χ3n) is 2.50. The number of nitrogens with one attached hydrogen (secondary N) is 1. The SMILES string of the molecule is CCCCCCNc1ccc(Br)cc1[N+](=O)[O-]. The van der Waals surface area contributed by atoms with Crippen LogP contribution in [0.2, 0.25) is 0 Å². The first-order chi connectivity index (χ1) is 8.15. The molecule has 0 heterocycles. The van der Waals surface area contributed by atoms with E-state index in [0.29, 0.717) is 5.69 Å². The molecule has 0 bridgehead atoms. The van der Waals surface area contributed by atoms with Crippen molar-refractivity contribution in [3.05, 3.63) is 32.8 Å². The van der Waals surface area contributed by atoms with E-state index in [9.17, 15) is 10.1 Å². The molecule has 0 aliphatic carbocycles. The van der Waals surface area contributed by atoms with Gasteiger partial charge in [-0.15, -0.1) is 0 Å². The number of nitrogens with zero attached hydrogens (tertiary/aromatic N) is 1. The van der Waals surface area contributed by atoms with E-state index in [2.05, 4.69) is 28.2 Å². The van der Waals surface area contributed by atoms with Crippen molar-refractivity contribution in [1.29, 1.82) is 0 Å². The van der Waals surface area contributed by atoms with Crippen molar-refractivity contribution in [3.8, 4) is 0 Å². The molecular formula is C12H17BrN2O2. The Balaban J connectivity index is 2.55. The van der Waals surface area contributed by atoms with Crippen LogP contribution in [0.15, 0.2) is 22.7 Å². The first-order valence-electron chi connectivity index (χ1n) is 5.83. The Labute approximate surface area is 110 Å². The van der Waals surface area contributed by atoms with E-state index < -0.39 is 0 Å². The average molecular weight is 301 g/mol. The van der Waals surface area contributed by atoms with Gasteiger partial charge in [0.2, 0.25) is 0 Å². The quantitative estimate of drug-likeness (QED) is 0.463. The van der Waals surface area contributed by atoms with Crippen molar-refractivity contribution in [2.75, 3.05) is 11.9 Å². The predicted molar refractivity (Wildman–Crippen MR) is 73.4 cm³/mol. The van der Waals surface area contributed by atoms with Crippen LogP contribution in [0.25, 0.3) is 0 Å². The smallest absolute Gasteiger partial charge is 0.293 e. The van der Waals surface area contributed by atoms with Gasteiger partial charge in [0.15, 0.2) is 0 Å². The summed E-state index contributed by atoms with van der Waals surface area (Å²) in [4.78, 5) is 10.5.